The Hall–Kier alpha value is -4.36. The number of aromatic nitrogens is 6. The summed E-state index contributed by atoms with van der Waals surface area (Å²) < 4.78 is 12.3. The molecule has 1 saturated heterocycles. The molecule has 1 aliphatic heterocycles. The molecule has 0 aliphatic carbocycles. The molecule has 37 heavy (non-hydrogen) atoms. The molecular weight excluding hydrogens is 470 g/mol. The Morgan fingerprint density at radius 1 is 1.16 bits per heavy atom. The van der Waals surface area contributed by atoms with E-state index in [1.54, 1.807) is 36.8 Å². The topological polar surface area (TPSA) is 117 Å². The second kappa shape index (κ2) is 10.3. The number of anilines is 1. The van der Waals surface area contributed by atoms with Crippen molar-refractivity contribution in [2.24, 2.45) is 0 Å². The minimum absolute atomic E-state index is 0.188. The first-order valence-electron chi connectivity index (χ1n) is 12.1. The van der Waals surface area contributed by atoms with Crippen molar-refractivity contribution in [2.75, 3.05) is 18.5 Å². The summed E-state index contributed by atoms with van der Waals surface area (Å²) in [4.78, 5) is 30.1. The number of hydrogen-bond donors (Lipinski definition) is 1. The summed E-state index contributed by atoms with van der Waals surface area (Å²) in [5, 5.41) is 8.18. The predicted molar refractivity (Wildman–Crippen MR) is 138 cm³/mol. The number of benzene rings is 1. The molecule has 1 fully saturated rings. The van der Waals surface area contributed by atoms with Gasteiger partial charge < -0.3 is 14.8 Å². The molecule has 10 nitrogen and oxygen atoms in total. The lowest BCUT2D eigenvalue weighted by molar-refractivity contribution is 0.0522. The maximum atomic E-state index is 12.4. The molecule has 4 heterocycles. The van der Waals surface area contributed by atoms with Crippen LogP contribution < -0.4 is 5.32 Å². The Bertz CT molecular complexity index is 1490. The molecule has 0 bridgehead atoms. The fraction of sp³-hybridized carbons (Fsp3) is 0.333. The Balaban J connectivity index is 1.31. The molecule has 4 aromatic rings. The van der Waals surface area contributed by atoms with Gasteiger partial charge in [-0.3, -0.25) is 0 Å². The Morgan fingerprint density at radius 3 is 2.84 bits per heavy atom. The van der Waals surface area contributed by atoms with Gasteiger partial charge in [0.2, 0.25) is 5.95 Å². The predicted octanol–water partition coefficient (Wildman–Crippen LogP) is 4.06. The van der Waals surface area contributed by atoms with E-state index in [-0.39, 0.29) is 6.10 Å². The van der Waals surface area contributed by atoms with E-state index >= 15 is 0 Å². The third kappa shape index (κ3) is 6.08. The summed E-state index contributed by atoms with van der Waals surface area (Å²) >= 11 is 0. The van der Waals surface area contributed by atoms with Crippen molar-refractivity contribution in [1.29, 1.82) is 0 Å². The molecule has 0 spiro atoms. The number of nitrogens with one attached hydrogen (secondary N) is 1. The molecular formula is C27H27N7O3. The second-order valence-corrected chi connectivity index (χ2v) is 9.61. The molecule has 188 valence electrons. The SMILES string of the molecule is CC(C)(C)OC(=O)n1ncc2cc(C#Cc3ccnc(-c4ccnc(NC[C@@H]5CCCO5)n4)n3)ccc21. The van der Waals surface area contributed by atoms with E-state index < -0.39 is 11.7 Å². The number of hydrogen-bond acceptors (Lipinski definition) is 9. The van der Waals surface area contributed by atoms with Gasteiger partial charge in [-0.15, -0.1) is 0 Å². The van der Waals surface area contributed by atoms with Crippen molar-refractivity contribution in [1.82, 2.24) is 29.7 Å². The van der Waals surface area contributed by atoms with E-state index in [0.29, 0.717) is 35.2 Å². The molecule has 1 atom stereocenters. The first-order chi connectivity index (χ1) is 17.8. The fourth-order valence-corrected chi connectivity index (χ4v) is 3.83. The largest absolute Gasteiger partial charge is 0.442 e. The van der Waals surface area contributed by atoms with Crippen molar-refractivity contribution in [3.8, 4) is 23.4 Å². The van der Waals surface area contributed by atoms with Crippen LogP contribution in [-0.4, -0.2) is 60.7 Å². The van der Waals surface area contributed by atoms with Gasteiger partial charge in [0.25, 0.3) is 0 Å². The smallest absolute Gasteiger partial charge is 0.435 e. The standard InChI is InChI=1S/C27H27N7O3/c1-27(2,3)37-26(35)34-23-9-7-18(15-19(23)16-31-34)6-8-20-10-12-28-24(32-20)22-11-13-29-25(33-22)30-17-21-5-4-14-36-21/h7,9-13,15-16,21H,4-5,14,17H2,1-3H3,(H,29,30,33)/t21-/m0/s1. The summed E-state index contributed by atoms with van der Waals surface area (Å²) in [5.74, 6) is 7.17. The summed E-state index contributed by atoms with van der Waals surface area (Å²) in [5.41, 5.74) is 1.97. The molecule has 0 radical (unpaired) electrons. The number of rotatable bonds is 4. The first-order valence-corrected chi connectivity index (χ1v) is 12.1. The molecule has 0 saturated carbocycles. The van der Waals surface area contributed by atoms with Crippen LogP contribution in [0.5, 0.6) is 0 Å². The van der Waals surface area contributed by atoms with Crippen LogP contribution in [0.4, 0.5) is 10.7 Å². The van der Waals surface area contributed by atoms with Gasteiger partial charge in [-0.1, -0.05) is 5.92 Å². The second-order valence-electron chi connectivity index (χ2n) is 9.61. The fourth-order valence-electron chi connectivity index (χ4n) is 3.83. The molecule has 0 unspecified atom stereocenters. The minimum atomic E-state index is -0.606. The number of fused-ring (bicyclic) bond motifs is 1. The summed E-state index contributed by atoms with van der Waals surface area (Å²) in [6.07, 6.45) is 6.73. The van der Waals surface area contributed by atoms with E-state index in [9.17, 15) is 4.79 Å². The van der Waals surface area contributed by atoms with E-state index in [2.05, 4.69) is 42.2 Å². The normalized spacial score (nSPS) is 15.3. The molecule has 1 N–H and O–H groups in total. The van der Waals surface area contributed by atoms with E-state index in [4.69, 9.17) is 9.47 Å². The van der Waals surface area contributed by atoms with Crippen molar-refractivity contribution in [3.05, 3.63) is 60.2 Å². The summed E-state index contributed by atoms with van der Waals surface area (Å²) in [6.45, 7) is 6.91. The van der Waals surface area contributed by atoms with E-state index in [1.165, 1.54) is 4.68 Å². The van der Waals surface area contributed by atoms with Crippen LogP contribution in [0.1, 0.15) is 44.9 Å². The lowest BCUT2D eigenvalue weighted by Gasteiger charge is -2.19. The van der Waals surface area contributed by atoms with Crippen molar-refractivity contribution in [3.63, 3.8) is 0 Å². The quantitative estimate of drug-likeness (QED) is 0.417. The molecule has 1 aromatic carbocycles. The first kappa shape index (κ1) is 24.3. The highest BCUT2D eigenvalue weighted by atomic mass is 16.6. The van der Waals surface area contributed by atoms with Gasteiger partial charge in [0.05, 0.1) is 17.8 Å². The Labute approximate surface area is 214 Å². The van der Waals surface area contributed by atoms with Crippen LogP contribution in [0.2, 0.25) is 0 Å². The summed E-state index contributed by atoms with van der Waals surface area (Å²) in [6, 6.07) is 9.01. The molecule has 10 heteroatoms. The average Bonchev–Trinajstić information content (AvgIpc) is 3.55. The van der Waals surface area contributed by atoms with Gasteiger partial charge in [-0.2, -0.15) is 9.78 Å². The third-order valence-electron chi connectivity index (χ3n) is 5.52. The maximum absolute atomic E-state index is 12.4. The van der Waals surface area contributed by atoms with Crippen LogP contribution in [0, 0.1) is 11.8 Å². The molecule has 1 aliphatic rings. The van der Waals surface area contributed by atoms with Crippen molar-refractivity contribution < 1.29 is 14.3 Å². The van der Waals surface area contributed by atoms with Gasteiger partial charge in [0.1, 0.15) is 17.0 Å². The van der Waals surface area contributed by atoms with E-state index in [1.807, 2.05) is 32.9 Å². The number of carbonyl (C=O) groups excluding carboxylic acids is 1. The van der Waals surface area contributed by atoms with Crippen LogP contribution in [0.25, 0.3) is 22.4 Å². The van der Waals surface area contributed by atoms with Crippen molar-refractivity contribution >= 4 is 22.9 Å². The van der Waals surface area contributed by atoms with Gasteiger partial charge in [0.15, 0.2) is 5.82 Å². The van der Waals surface area contributed by atoms with Crippen LogP contribution in [-0.2, 0) is 9.47 Å². The number of ether oxygens (including phenoxy) is 2. The number of nitrogens with zero attached hydrogens (tertiary/aromatic N) is 6. The molecule has 3 aromatic heterocycles. The zero-order valence-electron chi connectivity index (χ0n) is 20.9. The zero-order valence-corrected chi connectivity index (χ0v) is 20.9. The van der Waals surface area contributed by atoms with Gasteiger partial charge >= 0.3 is 6.09 Å². The molecule has 0 amide bonds. The van der Waals surface area contributed by atoms with Gasteiger partial charge in [-0.05, 0) is 69.9 Å². The monoisotopic (exact) mass is 497 g/mol. The lowest BCUT2D eigenvalue weighted by atomic mass is 10.1. The summed E-state index contributed by atoms with van der Waals surface area (Å²) in [7, 11) is 0. The molecule has 5 rings (SSSR count). The Kier molecular flexibility index (Phi) is 6.79. The Morgan fingerprint density at radius 2 is 2.03 bits per heavy atom. The van der Waals surface area contributed by atoms with Gasteiger partial charge in [-0.25, -0.2) is 24.7 Å². The highest BCUT2D eigenvalue weighted by Gasteiger charge is 2.20. The van der Waals surface area contributed by atoms with Crippen LogP contribution in [0.15, 0.2) is 48.9 Å². The number of carbonyl (C=O) groups is 1. The third-order valence-corrected chi connectivity index (χ3v) is 5.52. The minimum Gasteiger partial charge on any atom is -0.442 e. The highest BCUT2D eigenvalue weighted by molar-refractivity contribution is 5.88. The highest BCUT2D eigenvalue weighted by Crippen LogP contribution is 2.18. The van der Waals surface area contributed by atoms with Crippen LogP contribution >= 0.6 is 0 Å². The van der Waals surface area contributed by atoms with Crippen molar-refractivity contribution in [2.45, 2.75) is 45.3 Å². The van der Waals surface area contributed by atoms with E-state index in [0.717, 1.165) is 30.4 Å². The zero-order chi connectivity index (χ0) is 25.8. The average molecular weight is 498 g/mol. The van der Waals surface area contributed by atoms with Crippen LogP contribution in [0.3, 0.4) is 0 Å². The maximum Gasteiger partial charge on any atom is 0.435 e. The van der Waals surface area contributed by atoms with Gasteiger partial charge in [0, 0.05) is 36.5 Å². The lowest BCUT2D eigenvalue weighted by Crippen LogP contribution is -2.27.